The summed E-state index contributed by atoms with van der Waals surface area (Å²) in [4.78, 5) is 37.9. The van der Waals surface area contributed by atoms with Gasteiger partial charge in [-0.15, -0.1) is 0 Å². The molecule has 9 nitrogen and oxygen atoms in total. The Morgan fingerprint density at radius 3 is 2.35 bits per heavy atom. The molecule has 0 aliphatic heterocycles. The molecule has 0 spiro atoms. The minimum atomic E-state index is -0.993. The molecule has 3 amide bonds. The largest absolute Gasteiger partial charge is 0.492 e. The topological polar surface area (TPSA) is 120 Å². The van der Waals surface area contributed by atoms with Crippen molar-refractivity contribution in [1.29, 1.82) is 0 Å². The zero-order chi connectivity index (χ0) is 31.5. The van der Waals surface area contributed by atoms with Gasteiger partial charge >= 0.3 is 0 Å². The Bertz CT molecular complexity index is 1120. The summed E-state index contributed by atoms with van der Waals surface area (Å²) in [5.74, 6) is 0.329. The number of likely N-dealkylation sites (N-methyl/N-ethyl adjacent to an activating group) is 2. The van der Waals surface area contributed by atoms with Gasteiger partial charge in [0.15, 0.2) is 0 Å². The molecule has 1 fully saturated rings. The number of nitrogens with zero attached hydrogens (tertiary/aromatic N) is 1. The summed E-state index contributed by atoms with van der Waals surface area (Å²) < 4.78 is 6.00. The Morgan fingerprint density at radius 2 is 1.74 bits per heavy atom. The van der Waals surface area contributed by atoms with E-state index < -0.39 is 18.2 Å². The molecule has 3 atom stereocenters. The average molecular weight is 595 g/mol. The van der Waals surface area contributed by atoms with Gasteiger partial charge in [-0.2, -0.15) is 0 Å². The first-order valence-electron chi connectivity index (χ1n) is 15.3. The van der Waals surface area contributed by atoms with Crippen LogP contribution in [-0.2, 0) is 14.4 Å². The summed E-state index contributed by atoms with van der Waals surface area (Å²) in [7, 11) is 1.59. The molecule has 1 aliphatic rings. The lowest BCUT2D eigenvalue weighted by Gasteiger charge is -2.36. The van der Waals surface area contributed by atoms with Crippen molar-refractivity contribution in [3.63, 3.8) is 0 Å². The zero-order valence-corrected chi connectivity index (χ0v) is 26.1. The van der Waals surface area contributed by atoms with Gasteiger partial charge in [0.2, 0.25) is 18.2 Å². The fraction of sp³-hybridized carbons (Fsp3) is 0.500. The SMILES string of the molecule is CCNC(=O)C(C(C)O)N(C)C(=O)C(NCCOc1ccccc1/C=C/CNC=O)C1CCCCC1.Cc1ccccc1. The number of para-hydroxylation sites is 1. The number of aliphatic hydroxyl groups excluding tert-OH is 1. The van der Waals surface area contributed by atoms with Gasteiger partial charge in [0, 0.05) is 32.2 Å². The number of aryl methyl sites for hydroxylation is 1. The lowest BCUT2D eigenvalue weighted by molar-refractivity contribution is -0.145. The van der Waals surface area contributed by atoms with E-state index in [9.17, 15) is 19.5 Å². The summed E-state index contributed by atoms with van der Waals surface area (Å²) in [6, 6.07) is 16.5. The molecule has 1 aliphatic carbocycles. The Kier molecular flexibility index (Phi) is 16.7. The van der Waals surface area contributed by atoms with Gasteiger partial charge in [0.1, 0.15) is 18.4 Å². The lowest BCUT2D eigenvalue weighted by atomic mass is 9.83. The van der Waals surface area contributed by atoms with E-state index in [4.69, 9.17) is 4.74 Å². The Hall–Kier alpha value is -3.69. The van der Waals surface area contributed by atoms with Crippen LogP contribution in [0.5, 0.6) is 5.75 Å². The Balaban J connectivity index is 0.000000804. The smallest absolute Gasteiger partial charge is 0.245 e. The molecule has 0 saturated heterocycles. The molecule has 0 radical (unpaired) electrons. The summed E-state index contributed by atoms with van der Waals surface area (Å²) in [5.41, 5.74) is 2.22. The number of benzene rings is 2. The molecule has 2 aromatic rings. The van der Waals surface area contributed by atoms with Crippen LogP contribution in [0.15, 0.2) is 60.7 Å². The number of hydrogen-bond donors (Lipinski definition) is 4. The lowest BCUT2D eigenvalue weighted by Crippen LogP contribution is -2.59. The standard InChI is InChI=1S/C27H42N4O5.C7H8/c1-4-29-26(34)25(20(2)33)31(3)27(35)24(22-12-6-5-7-13-22)30-17-18-36-23-15-9-8-11-21(23)14-10-16-28-19-32;1-7-5-3-2-4-6-7/h8-11,14-15,19-20,22,24-25,30,33H,4-7,12-13,16-18H2,1-3H3,(H,28,32)(H,29,34);2-6H,1H3/b14-10+;. The molecular formula is C34H50N4O5. The highest BCUT2D eigenvalue weighted by Gasteiger charge is 2.37. The van der Waals surface area contributed by atoms with Crippen molar-refractivity contribution in [2.75, 3.05) is 33.3 Å². The first-order chi connectivity index (χ1) is 20.8. The third-order valence-corrected chi connectivity index (χ3v) is 7.43. The molecular weight excluding hydrogens is 544 g/mol. The Labute approximate surface area is 257 Å². The second kappa shape index (κ2) is 20.3. The summed E-state index contributed by atoms with van der Waals surface area (Å²) in [6.07, 6.45) is 8.60. The molecule has 3 rings (SSSR count). The highest BCUT2D eigenvalue weighted by Crippen LogP contribution is 2.28. The second-order valence-corrected chi connectivity index (χ2v) is 10.8. The summed E-state index contributed by atoms with van der Waals surface area (Å²) in [5, 5.41) is 19.0. The van der Waals surface area contributed by atoms with E-state index >= 15 is 0 Å². The number of nitrogens with one attached hydrogen (secondary N) is 3. The monoisotopic (exact) mass is 594 g/mol. The van der Waals surface area contributed by atoms with Crippen molar-refractivity contribution in [1.82, 2.24) is 20.9 Å². The van der Waals surface area contributed by atoms with Crippen LogP contribution in [0.1, 0.15) is 57.1 Å². The van der Waals surface area contributed by atoms with Crippen LogP contribution in [0.4, 0.5) is 0 Å². The molecule has 2 aromatic carbocycles. The summed E-state index contributed by atoms with van der Waals surface area (Å²) in [6.45, 7) is 7.08. The molecule has 3 unspecified atom stereocenters. The molecule has 0 heterocycles. The van der Waals surface area contributed by atoms with Crippen LogP contribution < -0.4 is 20.7 Å². The van der Waals surface area contributed by atoms with Crippen LogP contribution in [0.3, 0.4) is 0 Å². The predicted molar refractivity (Wildman–Crippen MR) is 172 cm³/mol. The van der Waals surface area contributed by atoms with Gasteiger partial charge in [-0.1, -0.05) is 85.5 Å². The van der Waals surface area contributed by atoms with E-state index in [0.717, 1.165) is 37.7 Å². The zero-order valence-electron chi connectivity index (χ0n) is 26.1. The normalized spacial score (nSPS) is 15.4. The van der Waals surface area contributed by atoms with Gasteiger partial charge in [0.05, 0.1) is 12.1 Å². The van der Waals surface area contributed by atoms with E-state index in [0.29, 0.717) is 38.4 Å². The predicted octanol–water partition coefficient (Wildman–Crippen LogP) is 3.70. The van der Waals surface area contributed by atoms with Gasteiger partial charge in [-0.3, -0.25) is 14.4 Å². The van der Waals surface area contributed by atoms with Crippen molar-refractivity contribution in [3.8, 4) is 5.75 Å². The second-order valence-electron chi connectivity index (χ2n) is 10.8. The molecule has 236 valence electrons. The minimum Gasteiger partial charge on any atom is -0.492 e. The van der Waals surface area contributed by atoms with Crippen molar-refractivity contribution in [2.24, 2.45) is 5.92 Å². The molecule has 0 aromatic heterocycles. The van der Waals surface area contributed by atoms with E-state index in [1.54, 1.807) is 14.0 Å². The van der Waals surface area contributed by atoms with Crippen molar-refractivity contribution in [3.05, 3.63) is 71.8 Å². The van der Waals surface area contributed by atoms with Gasteiger partial charge in [0.25, 0.3) is 0 Å². The average Bonchev–Trinajstić information content (AvgIpc) is 3.01. The van der Waals surface area contributed by atoms with Crippen LogP contribution in [-0.4, -0.2) is 79.7 Å². The summed E-state index contributed by atoms with van der Waals surface area (Å²) >= 11 is 0. The third-order valence-electron chi connectivity index (χ3n) is 7.43. The first-order valence-corrected chi connectivity index (χ1v) is 15.3. The van der Waals surface area contributed by atoms with Crippen LogP contribution in [0.2, 0.25) is 0 Å². The number of amides is 3. The van der Waals surface area contributed by atoms with Gasteiger partial charge in [-0.05, 0) is 45.6 Å². The van der Waals surface area contributed by atoms with E-state index in [1.165, 1.54) is 17.4 Å². The highest BCUT2D eigenvalue weighted by atomic mass is 16.5. The highest BCUT2D eigenvalue weighted by molar-refractivity contribution is 5.90. The fourth-order valence-corrected chi connectivity index (χ4v) is 5.24. The quantitative estimate of drug-likeness (QED) is 0.184. The third kappa shape index (κ3) is 12.6. The number of carbonyl (C=O) groups excluding carboxylic acids is 3. The minimum absolute atomic E-state index is 0.165. The maximum Gasteiger partial charge on any atom is 0.245 e. The van der Waals surface area contributed by atoms with Crippen molar-refractivity contribution >= 4 is 24.3 Å². The van der Waals surface area contributed by atoms with Gasteiger partial charge in [-0.25, -0.2) is 0 Å². The number of rotatable bonds is 15. The number of carbonyl (C=O) groups is 3. The van der Waals surface area contributed by atoms with E-state index in [2.05, 4.69) is 35.0 Å². The van der Waals surface area contributed by atoms with Crippen LogP contribution in [0, 0.1) is 12.8 Å². The van der Waals surface area contributed by atoms with Gasteiger partial charge < -0.3 is 30.7 Å². The van der Waals surface area contributed by atoms with E-state index in [-0.39, 0.29) is 17.7 Å². The molecule has 9 heteroatoms. The fourth-order valence-electron chi connectivity index (χ4n) is 5.24. The Morgan fingerprint density at radius 1 is 1.07 bits per heavy atom. The molecule has 4 N–H and O–H groups in total. The maximum atomic E-state index is 13.6. The molecule has 43 heavy (non-hydrogen) atoms. The number of ether oxygens (including phenoxy) is 1. The number of aliphatic hydroxyl groups is 1. The van der Waals surface area contributed by atoms with Crippen LogP contribution >= 0.6 is 0 Å². The first kappa shape index (κ1) is 35.5. The number of hydrogen-bond acceptors (Lipinski definition) is 6. The van der Waals surface area contributed by atoms with Crippen LogP contribution in [0.25, 0.3) is 6.08 Å². The maximum absolute atomic E-state index is 13.6. The van der Waals surface area contributed by atoms with Crippen molar-refractivity contribution in [2.45, 2.75) is 71.1 Å². The molecule has 0 bridgehead atoms. The van der Waals surface area contributed by atoms with Crippen molar-refractivity contribution < 1.29 is 24.2 Å². The van der Waals surface area contributed by atoms with E-state index in [1.807, 2.05) is 54.6 Å². The molecule has 1 saturated carbocycles.